The van der Waals surface area contributed by atoms with E-state index in [9.17, 15) is 19.8 Å². The van der Waals surface area contributed by atoms with Crippen LogP contribution in [0.2, 0.25) is 0 Å². The number of fused-ring (bicyclic) bond motifs is 5. The lowest BCUT2D eigenvalue weighted by atomic mass is 9.44. The highest BCUT2D eigenvalue weighted by Crippen LogP contribution is 2.70. The van der Waals surface area contributed by atoms with Crippen molar-refractivity contribution in [2.24, 2.45) is 28.6 Å². The summed E-state index contributed by atoms with van der Waals surface area (Å²) in [5, 5.41) is 22.0. The van der Waals surface area contributed by atoms with Crippen LogP contribution in [0.3, 0.4) is 0 Å². The highest BCUT2D eigenvalue weighted by atomic mass is 19.1. The average molecular weight is 380 g/mol. The zero-order valence-electron chi connectivity index (χ0n) is 15.8. The smallest absolute Gasteiger partial charge is 0.178 e. The Hall–Kier alpha value is -1.40. The first-order valence-corrected chi connectivity index (χ1v) is 9.60. The summed E-state index contributed by atoms with van der Waals surface area (Å²) in [6.07, 6.45) is 1.42. The van der Waals surface area contributed by atoms with Crippen molar-refractivity contribution >= 4 is 12.1 Å². The molecule has 0 spiro atoms. The van der Waals surface area contributed by atoms with Crippen molar-refractivity contribution in [1.29, 1.82) is 0 Å². The maximum absolute atomic E-state index is 16.7. The third kappa shape index (κ3) is 1.93. The number of aliphatic hydroxyl groups excluding tert-OH is 1. The Bertz CT molecular complexity index is 778. The van der Waals surface area contributed by atoms with E-state index in [-0.39, 0.29) is 24.2 Å². The van der Waals surface area contributed by atoms with Gasteiger partial charge in [0.25, 0.3) is 0 Å². The van der Waals surface area contributed by atoms with Crippen LogP contribution >= 0.6 is 0 Å². The molecule has 4 aliphatic carbocycles. The Kier molecular flexibility index (Phi) is 3.75. The minimum Gasteiger partial charge on any atom is -0.390 e. The number of ketones is 1. The number of halogens is 2. The number of aldehydes is 1. The van der Waals surface area contributed by atoms with Gasteiger partial charge in [-0.3, -0.25) is 4.79 Å². The molecule has 3 saturated carbocycles. The van der Waals surface area contributed by atoms with Crippen molar-refractivity contribution < 1.29 is 28.6 Å². The molecule has 0 bridgehead atoms. The summed E-state index contributed by atoms with van der Waals surface area (Å²) < 4.78 is 31.9. The monoisotopic (exact) mass is 380 g/mol. The number of rotatable bonds is 1. The zero-order chi connectivity index (χ0) is 20.0. The maximum atomic E-state index is 16.7. The van der Waals surface area contributed by atoms with Crippen molar-refractivity contribution in [3.05, 3.63) is 23.8 Å². The average Bonchev–Trinajstić information content (AvgIpc) is 2.80. The normalized spacial score (nSPS) is 56.8. The molecule has 4 aliphatic rings. The third-order valence-corrected chi connectivity index (χ3v) is 8.47. The topological polar surface area (TPSA) is 74.6 Å². The maximum Gasteiger partial charge on any atom is 0.178 e. The van der Waals surface area contributed by atoms with Gasteiger partial charge >= 0.3 is 0 Å². The number of carbonyl (C=O) groups is 2. The number of allylic oxidation sites excluding steroid dienone is 4. The Morgan fingerprint density at radius 2 is 1.93 bits per heavy atom. The van der Waals surface area contributed by atoms with Gasteiger partial charge in [0.15, 0.2) is 17.7 Å². The van der Waals surface area contributed by atoms with Crippen LogP contribution in [0, 0.1) is 28.6 Å². The molecule has 0 aliphatic heterocycles. The van der Waals surface area contributed by atoms with Crippen LogP contribution in [0.1, 0.15) is 40.0 Å². The summed E-state index contributed by atoms with van der Waals surface area (Å²) in [6.45, 7) is 4.99. The fraction of sp³-hybridized carbons (Fsp3) is 0.714. The molecule has 9 unspecified atom stereocenters. The van der Waals surface area contributed by atoms with Gasteiger partial charge in [-0.05, 0) is 55.7 Å². The molecule has 0 amide bonds. The lowest BCUT2D eigenvalue weighted by Crippen LogP contribution is -2.69. The molecule has 4 nitrogen and oxygen atoms in total. The van der Waals surface area contributed by atoms with Gasteiger partial charge in [0.1, 0.15) is 11.8 Å². The van der Waals surface area contributed by atoms with E-state index < -0.39 is 52.1 Å². The highest BCUT2D eigenvalue weighted by molar-refractivity contribution is 6.01. The van der Waals surface area contributed by atoms with E-state index in [2.05, 4.69) is 0 Å². The van der Waals surface area contributed by atoms with E-state index in [4.69, 9.17) is 0 Å². The molecule has 0 aromatic heterocycles. The van der Waals surface area contributed by atoms with E-state index in [1.807, 2.05) is 0 Å². The van der Waals surface area contributed by atoms with Crippen molar-refractivity contribution in [2.75, 3.05) is 0 Å². The molecule has 9 atom stereocenters. The lowest BCUT2D eigenvalue weighted by Gasteiger charge is -2.62. The summed E-state index contributed by atoms with van der Waals surface area (Å²) in [4.78, 5) is 23.5. The standard InChI is InChI=1S/C21H26F2O4/c1-11-6-13-14-8-16(22)15-7-12(25)4-5-18(15,2)21(14,23)17(26)9-19(13,3)20(11,27)10-24/h4-5,7,10-11,13-14,16-17,26-27H,6,8-9H2,1-3H3. The Morgan fingerprint density at radius 3 is 2.56 bits per heavy atom. The molecule has 0 heterocycles. The lowest BCUT2D eigenvalue weighted by molar-refractivity contribution is -0.220. The van der Waals surface area contributed by atoms with Gasteiger partial charge in [0.2, 0.25) is 0 Å². The number of hydrogen-bond donors (Lipinski definition) is 2. The summed E-state index contributed by atoms with van der Waals surface area (Å²) in [6, 6.07) is 0. The van der Waals surface area contributed by atoms with E-state index in [1.165, 1.54) is 19.1 Å². The number of aliphatic hydroxyl groups is 2. The summed E-state index contributed by atoms with van der Waals surface area (Å²) >= 11 is 0. The largest absolute Gasteiger partial charge is 0.390 e. The van der Waals surface area contributed by atoms with Gasteiger partial charge in [0, 0.05) is 16.7 Å². The first-order valence-electron chi connectivity index (χ1n) is 9.60. The van der Waals surface area contributed by atoms with E-state index >= 15 is 8.78 Å². The molecule has 27 heavy (non-hydrogen) atoms. The predicted molar refractivity (Wildman–Crippen MR) is 94.2 cm³/mol. The van der Waals surface area contributed by atoms with E-state index in [0.29, 0.717) is 12.7 Å². The molecule has 0 aromatic carbocycles. The first-order chi connectivity index (χ1) is 12.5. The molecule has 4 rings (SSSR count). The van der Waals surface area contributed by atoms with Crippen LogP contribution in [-0.4, -0.2) is 45.8 Å². The van der Waals surface area contributed by atoms with Crippen molar-refractivity contribution in [3.63, 3.8) is 0 Å². The van der Waals surface area contributed by atoms with Crippen LogP contribution in [-0.2, 0) is 9.59 Å². The van der Waals surface area contributed by atoms with Crippen LogP contribution in [0.15, 0.2) is 23.8 Å². The molecular weight excluding hydrogens is 354 g/mol. The van der Waals surface area contributed by atoms with Crippen LogP contribution in [0.4, 0.5) is 8.78 Å². The Morgan fingerprint density at radius 1 is 1.26 bits per heavy atom. The molecule has 148 valence electrons. The van der Waals surface area contributed by atoms with Crippen molar-refractivity contribution in [3.8, 4) is 0 Å². The molecule has 2 N–H and O–H groups in total. The van der Waals surface area contributed by atoms with Gasteiger partial charge in [-0.25, -0.2) is 8.78 Å². The minimum atomic E-state index is -2.17. The van der Waals surface area contributed by atoms with Crippen LogP contribution < -0.4 is 0 Å². The van der Waals surface area contributed by atoms with Gasteiger partial charge in [-0.2, -0.15) is 0 Å². The van der Waals surface area contributed by atoms with Gasteiger partial charge in [-0.1, -0.05) is 19.9 Å². The SMILES string of the molecule is CC1CC2C3CC(F)C4=CC(=O)C=CC4(C)C3(F)C(O)CC2(C)C1(O)C=O. The summed E-state index contributed by atoms with van der Waals surface area (Å²) in [5.74, 6) is -2.10. The molecule has 6 heteroatoms. The molecule has 0 saturated heterocycles. The number of hydrogen-bond acceptors (Lipinski definition) is 4. The molecule has 3 fully saturated rings. The molecular formula is C21H26F2O4. The third-order valence-electron chi connectivity index (χ3n) is 8.47. The first kappa shape index (κ1) is 18.9. The Labute approximate surface area is 157 Å². The fourth-order valence-corrected chi connectivity index (χ4v) is 6.82. The Balaban J connectivity index is 1.88. The highest BCUT2D eigenvalue weighted by Gasteiger charge is 2.75. The van der Waals surface area contributed by atoms with Crippen molar-refractivity contribution in [2.45, 2.75) is 63.6 Å². The predicted octanol–water partition coefficient (Wildman–Crippen LogP) is 2.48. The minimum absolute atomic E-state index is 0.0769. The molecule has 0 aromatic rings. The quantitative estimate of drug-likeness (QED) is 0.686. The second-order valence-corrected chi connectivity index (χ2v) is 9.44. The van der Waals surface area contributed by atoms with Crippen LogP contribution in [0.25, 0.3) is 0 Å². The van der Waals surface area contributed by atoms with Crippen molar-refractivity contribution in [1.82, 2.24) is 0 Å². The van der Waals surface area contributed by atoms with Gasteiger partial charge in [-0.15, -0.1) is 0 Å². The van der Waals surface area contributed by atoms with Crippen LogP contribution in [0.5, 0.6) is 0 Å². The van der Waals surface area contributed by atoms with Gasteiger partial charge < -0.3 is 15.0 Å². The summed E-state index contributed by atoms with van der Waals surface area (Å²) in [7, 11) is 0. The second-order valence-electron chi connectivity index (χ2n) is 9.44. The fourth-order valence-electron chi connectivity index (χ4n) is 6.82. The number of alkyl halides is 2. The summed E-state index contributed by atoms with van der Waals surface area (Å²) in [5.41, 5.74) is -6.24. The van der Waals surface area contributed by atoms with E-state index in [1.54, 1.807) is 13.8 Å². The van der Waals surface area contributed by atoms with Gasteiger partial charge in [0.05, 0.1) is 6.10 Å². The zero-order valence-corrected chi connectivity index (χ0v) is 15.8. The number of carbonyl (C=O) groups excluding carboxylic acids is 2. The molecule has 0 radical (unpaired) electrons. The van der Waals surface area contributed by atoms with E-state index in [0.717, 1.165) is 6.08 Å². The second kappa shape index (κ2) is 5.35.